The number of hydrogen-bond acceptors (Lipinski definition) is 4. The molecule has 28 heavy (non-hydrogen) atoms. The van der Waals surface area contributed by atoms with E-state index in [0.29, 0.717) is 13.0 Å². The fraction of sp³-hybridized carbons (Fsp3) is 0.364. The van der Waals surface area contributed by atoms with Crippen molar-refractivity contribution < 1.29 is 5.11 Å². The molecule has 1 aromatic carbocycles. The second kappa shape index (κ2) is 7.73. The molecule has 0 fully saturated rings. The molecule has 1 aliphatic heterocycles. The number of nitrogens with one attached hydrogen (secondary N) is 1. The van der Waals surface area contributed by atoms with E-state index in [1.807, 2.05) is 54.9 Å². The summed E-state index contributed by atoms with van der Waals surface area (Å²) in [6.45, 7) is 6.81. The number of benzene rings is 1. The summed E-state index contributed by atoms with van der Waals surface area (Å²) in [5, 5.41) is 15.2. The highest BCUT2D eigenvalue weighted by molar-refractivity contribution is 5.24. The van der Waals surface area contributed by atoms with Crippen LogP contribution in [0.3, 0.4) is 0 Å². The predicted octanol–water partition coefficient (Wildman–Crippen LogP) is 2.48. The van der Waals surface area contributed by atoms with Crippen molar-refractivity contribution in [2.24, 2.45) is 0 Å². The van der Waals surface area contributed by atoms with Gasteiger partial charge in [-0.3, -0.25) is 14.4 Å². The molecule has 0 saturated heterocycles. The van der Waals surface area contributed by atoms with Gasteiger partial charge in [0.15, 0.2) is 5.43 Å². The van der Waals surface area contributed by atoms with Gasteiger partial charge >= 0.3 is 0 Å². The maximum absolute atomic E-state index is 12.2. The van der Waals surface area contributed by atoms with Crippen LogP contribution in [0.15, 0.2) is 47.4 Å². The number of aliphatic hydroxyl groups excluding tert-OH is 1. The van der Waals surface area contributed by atoms with Crippen LogP contribution in [0.5, 0.6) is 0 Å². The van der Waals surface area contributed by atoms with Crippen molar-refractivity contribution in [1.29, 1.82) is 0 Å². The van der Waals surface area contributed by atoms with E-state index < -0.39 is 6.10 Å². The summed E-state index contributed by atoms with van der Waals surface area (Å²) in [6.07, 6.45) is 1.74. The van der Waals surface area contributed by atoms with Crippen molar-refractivity contribution in [2.75, 3.05) is 6.54 Å². The Hall–Kier alpha value is -2.70. The average molecular weight is 378 g/mol. The van der Waals surface area contributed by atoms with Gasteiger partial charge in [0, 0.05) is 49.1 Å². The Kier molecular flexibility index (Phi) is 5.15. The Morgan fingerprint density at radius 2 is 2.00 bits per heavy atom. The molecular weight excluding hydrogens is 352 g/mol. The van der Waals surface area contributed by atoms with Gasteiger partial charge in [-0.15, -0.1) is 0 Å². The molecule has 3 aromatic rings. The van der Waals surface area contributed by atoms with E-state index in [2.05, 4.69) is 15.0 Å². The summed E-state index contributed by atoms with van der Waals surface area (Å²) in [7, 11) is 0. The molecule has 1 aliphatic rings. The summed E-state index contributed by atoms with van der Waals surface area (Å²) < 4.78 is 1.99. The highest BCUT2D eigenvalue weighted by Gasteiger charge is 2.22. The SMILES string of the molecule is Cc1c[nH]c(CN2CCn3nc(C(O)Cc4ccccc4)cc3C2)c(C)c1=O. The molecule has 0 radical (unpaired) electrons. The second-order valence-corrected chi connectivity index (χ2v) is 7.60. The molecule has 2 aromatic heterocycles. The van der Waals surface area contributed by atoms with Crippen LogP contribution < -0.4 is 5.43 Å². The average Bonchev–Trinajstić information content (AvgIpc) is 3.13. The number of aromatic amines is 1. The number of nitrogens with zero attached hydrogens (tertiary/aromatic N) is 3. The van der Waals surface area contributed by atoms with E-state index in [1.54, 1.807) is 6.20 Å². The second-order valence-electron chi connectivity index (χ2n) is 7.60. The van der Waals surface area contributed by atoms with Crippen LogP contribution in [0.1, 0.15) is 39.9 Å². The molecule has 4 rings (SSSR count). The summed E-state index contributed by atoms with van der Waals surface area (Å²) in [5.74, 6) is 0. The third-order valence-corrected chi connectivity index (χ3v) is 5.51. The molecule has 0 spiro atoms. The Labute approximate surface area is 164 Å². The van der Waals surface area contributed by atoms with Crippen molar-refractivity contribution in [1.82, 2.24) is 19.7 Å². The van der Waals surface area contributed by atoms with Crippen LogP contribution in [0.25, 0.3) is 0 Å². The smallest absolute Gasteiger partial charge is 0.187 e. The minimum absolute atomic E-state index is 0.113. The summed E-state index contributed by atoms with van der Waals surface area (Å²) in [5.41, 5.74) is 5.53. The Morgan fingerprint density at radius 3 is 2.79 bits per heavy atom. The highest BCUT2D eigenvalue weighted by Crippen LogP contribution is 2.22. The number of pyridine rings is 1. The van der Waals surface area contributed by atoms with E-state index >= 15 is 0 Å². The number of hydrogen-bond donors (Lipinski definition) is 2. The van der Waals surface area contributed by atoms with Gasteiger partial charge in [-0.05, 0) is 25.5 Å². The van der Waals surface area contributed by atoms with Crippen LogP contribution in [-0.4, -0.2) is 31.3 Å². The van der Waals surface area contributed by atoms with Crippen LogP contribution in [-0.2, 0) is 26.1 Å². The molecular formula is C22H26N4O2. The van der Waals surface area contributed by atoms with Crippen molar-refractivity contribution in [3.63, 3.8) is 0 Å². The van der Waals surface area contributed by atoms with Gasteiger partial charge < -0.3 is 10.1 Å². The molecule has 0 aliphatic carbocycles. The van der Waals surface area contributed by atoms with E-state index in [-0.39, 0.29) is 5.43 Å². The molecule has 146 valence electrons. The molecule has 1 unspecified atom stereocenters. The monoisotopic (exact) mass is 378 g/mol. The summed E-state index contributed by atoms with van der Waals surface area (Å²) in [6, 6.07) is 12.0. The Morgan fingerprint density at radius 1 is 1.21 bits per heavy atom. The number of rotatable bonds is 5. The van der Waals surface area contributed by atoms with Gasteiger partial charge in [-0.25, -0.2) is 0 Å². The molecule has 1 atom stereocenters. The molecule has 0 saturated carbocycles. The van der Waals surface area contributed by atoms with Gasteiger partial charge in [-0.1, -0.05) is 30.3 Å². The fourth-order valence-electron chi connectivity index (χ4n) is 3.77. The quantitative estimate of drug-likeness (QED) is 0.715. The van der Waals surface area contributed by atoms with Crippen LogP contribution in [0, 0.1) is 13.8 Å². The Balaban J connectivity index is 1.46. The zero-order valence-corrected chi connectivity index (χ0v) is 16.4. The minimum atomic E-state index is -0.607. The first-order valence-corrected chi connectivity index (χ1v) is 9.70. The zero-order chi connectivity index (χ0) is 19.7. The van der Waals surface area contributed by atoms with Crippen LogP contribution in [0.4, 0.5) is 0 Å². The topological polar surface area (TPSA) is 74.2 Å². The third-order valence-electron chi connectivity index (χ3n) is 5.51. The van der Waals surface area contributed by atoms with Gasteiger partial charge in [0.25, 0.3) is 0 Å². The van der Waals surface area contributed by atoms with Gasteiger partial charge in [0.2, 0.25) is 0 Å². The molecule has 2 N–H and O–H groups in total. The van der Waals surface area contributed by atoms with Gasteiger partial charge in [-0.2, -0.15) is 5.10 Å². The van der Waals surface area contributed by atoms with Gasteiger partial charge in [0.1, 0.15) is 6.10 Å². The number of aliphatic hydroxyl groups is 1. The molecule has 6 nitrogen and oxygen atoms in total. The lowest BCUT2D eigenvalue weighted by molar-refractivity contribution is 0.171. The van der Waals surface area contributed by atoms with E-state index in [1.165, 1.54) is 0 Å². The molecule has 0 bridgehead atoms. The van der Waals surface area contributed by atoms with Crippen LogP contribution in [0.2, 0.25) is 0 Å². The van der Waals surface area contributed by atoms with Crippen molar-refractivity contribution in [3.05, 3.63) is 86.6 Å². The van der Waals surface area contributed by atoms with Crippen molar-refractivity contribution >= 4 is 0 Å². The van der Waals surface area contributed by atoms with Crippen LogP contribution >= 0.6 is 0 Å². The predicted molar refractivity (Wildman–Crippen MR) is 108 cm³/mol. The first-order valence-electron chi connectivity index (χ1n) is 9.70. The lowest BCUT2D eigenvalue weighted by Gasteiger charge is -2.27. The number of H-pyrrole nitrogens is 1. The Bertz CT molecular complexity index is 1020. The fourth-order valence-corrected chi connectivity index (χ4v) is 3.77. The van der Waals surface area contributed by atoms with E-state index in [9.17, 15) is 9.90 Å². The maximum atomic E-state index is 12.2. The van der Waals surface area contributed by atoms with Crippen molar-refractivity contribution in [2.45, 2.75) is 46.0 Å². The van der Waals surface area contributed by atoms with E-state index in [0.717, 1.165) is 53.4 Å². The summed E-state index contributed by atoms with van der Waals surface area (Å²) >= 11 is 0. The largest absolute Gasteiger partial charge is 0.386 e. The maximum Gasteiger partial charge on any atom is 0.187 e. The number of fused-ring (bicyclic) bond motifs is 1. The molecule has 0 amide bonds. The zero-order valence-electron chi connectivity index (χ0n) is 16.4. The van der Waals surface area contributed by atoms with E-state index in [4.69, 9.17) is 0 Å². The number of aromatic nitrogens is 3. The van der Waals surface area contributed by atoms with Gasteiger partial charge in [0.05, 0.1) is 17.9 Å². The number of aryl methyl sites for hydroxylation is 1. The minimum Gasteiger partial charge on any atom is -0.386 e. The third kappa shape index (κ3) is 3.79. The van der Waals surface area contributed by atoms with Crippen molar-refractivity contribution in [3.8, 4) is 0 Å². The molecule has 3 heterocycles. The highest BCUT2D eigenvalue weighted by atomic mass is 16.3. The first kappa shape index (κ1) is 18.7. The molecule has 6 heteroatoms. The summed E-state index contributed by atoms with van der Waals surface area (Å²) in [4.78, 5) is 17.7. The standard InChI is InChI=1S/C22H26N4O2/c1-15-12-23-20(16(2)22(15)28)14-25-8-9-26-18(13-25)11-19(24-26)21(27)10-17-6-4-3-5-7-17/h3-7,11-12,21,27H,8-10,13-14H2,1-2H3,(H,23,28). The first-order chi connectivity index (χ1) is 13.5. The normalized spacial score (nSPS) is 15.4. The lowest BCUT2D eigenvalue weighted by atomic mass is 10.1. The lowest BCUT2D eigenvalue weighted by Crippen LogP contribution is -2.34.